The average molecular weight is 633 g/mol. The Morgan fingerprint density at radius 2 is 1.55 bits per heavy atom. The summed E-state index contributed by atoms with van der Waals surface area (Å²) in [5.41, 5.74) is 1.41. The second-order valence-electron chi connectivity index (χ2n) is 11.5. The quantitative estimate of drug-likeness (QED) is 0.246. The van der Waals surface area contributed by atoms with Gasteiger partial charge in [-0.2, -0.15) is 0 Å². The molecule has 0 aliphatic rings. The molecule has 0 radical (unpaired) electrons. The number of nitrogens with zero attached hydrogens (tertiary/aromatic N) is 2. The van der Waals surface area contributed by atoms with E-state index in [9.17, 15) is 18.0 Å². The van der Waals surface area contributed by atoms with Crippen molar-refractivity contribution in [2.24, 2.45) is 0 Å². The molecule has 0 aliphatic heterocycles. The second-order valence-corrected chi connectivity index (χ2v) is 14.2. The summed E-state index contributed by atoms with van der Waals surface area (Å²) in [5, 5.41) is 3.73. The third-order valence-electron chi connectivity index (χ3n) is 6.70. The normalized spacial score (nSPS) is 12.6. The minimum absolute atomic E-state index is 0.0174. The maximum absolute atomic E-state index is 14.2. The number of carbonyl (C=O) groups excluding carboxylic acids is 2. The van der Waals surface area contributed by atoms with Crippen LogP contribution >= 0.6 is 23.2 Å². The van der Waals surface area contributed by atoms with Gasteiger partial charge in [0.25, 0.3) is 10.0 Å². The van der Waals surface area contributed by atoms with Crippen LogP contribution in [-0.2, 0) is 26.2 Å². The van der Waals surface area contributed by atoms with E-state index in [1.165, 1.54) is 17.0 Å². The highest BCUT2D eigenvalue weighted by Crippen LogP contribution is 2.28. The Bertz CT molecular complexity index is 1490. The number of benzene rings is 3. The second kappa shape index (κ2) is 13.9. The minimum Gasteiger partial charge on any atom is -0.350 e. The van der Waals surface area contributed by atoms with Gasteiger partial charge in [-0.3, -0.25) is 13.9 Å². The Kier molecular flexibility index (Phi) is 11.1. The molecule has 7 nitrogen and oxygen atoms in total. The summed E-state index contributed by atoms with van der Waals surface area (Å²) in [7, 11) is -4.14. The third kappa shape index (κ3) is 8.49. The molecule has 0 spiro atoms. The lowest BCUT2D eigenvalue weighted by atomic mass is 10.0. The van der Waals surface area contributed by atoms with Crippen molar-refractivity contribution in [2.45, 2.75) is 76.9 Å². The molecule has 226 valence electrons. The molecule has 0 saturated heterocycles. The van der Waals surface area contributed by atoms with Crippen LogP contribution in [0, 0.1) is 0 Å². The van der Waals surface area contributed by atoms with Gasteiger partial charge in [-0.15, -0.1) is 0 Å². The van der Waals surface area contributed by atoms with Crippen molar-refractivity contribution >= 4 is 50.7 Å². The highest BCUT2D eigenvalue weighted by molar-refractivity contribution is 7.92. The molecule has 3 aromatic carbocycles. The van der Waals surface area contributed by atoms with Crippen molar-refractivity contribution in [3.05, 3.63) is 94.0 Å². The van der Waals surface area contributed by atoms with E-state index >= 15 is 0 Å². The number of anilines is 1. The zero-order chi connectivity index (χ0) is 31.2. The van der Waals surface area contributed by atoms with E-state index in [4.69, 9.17) is 23.2 Å². The first kappa shape index (κ1) is 33.4. The van der Waals surface area contributed by atoms with Gasteiger partial charge in [0.2, 0.25) is 11.8 Å². The number of amides is 2. The zero-order valence-electron chi connectivity index (χ0n) is 24.9. The Morgan fingerprint density at radius 3 is 2.07 bits per heavy atom. The van der Waals surface area contributed by atoms with Gasteiger partial charge in [0, 0.05) is 22.1 Å². The highest BCUT2D eigenvalue weighted by Gasteiger charge is 2.35. The molecule has 0 heterocycles. The Morgan fingerprint density at radius 1 is 0.929 bits per heavy atom. The number of hydrogen-bond donors (Lipinski definition) is 1. The smallest absolute Gasteiger partial charge is 0.264 e. The lowest BCUT2D eigenvalue weighted by Crippen LogP contribution is -2.55. The summed E-state index contributed by atoms with van der Waals surface area (Å²) >= 11 is 12.6. The molecular formula is C32H39Cl2N3O4S. The molecule has 2 amide bonds. The molecule has 0 unspecified atom stereocenters. The fourth-order valence-electron chi connectivity index (χ4n) is 4.48. The molecule has 42 heavy (non-hydrogen) atoms. The number of rotatable bonds is 11. The van der Waals surface area contributed by atoms with E-state index in [-0.39, 0.29) is 23.3 Å². The molecule has 0 aliphatic carbocycles. The lowest BCUT2D eigenvalue weighted by molar-refractivity contribution is -0.141. The van der Waals surface area contributed by atoms with Crippen LogP contribution in [0.2, 0.25) is 10.0 Å². The predicted molar refractivity (Wildman–Crippen MR) is 170 cm³/mol. The molecule has 1 N–H and O–H groups in total. The SMILES string of the molecule is CC[C@H](C(=O)NC(C)(C)C)N(Cc1ccc(Cl)cc1Cl)C(=O)CN(c1ccc(C(C)C)cc1)S(=O)(=O)c1ccccc1. The van der Waals surface area contributed by atoms with Gasteiger partial charge in [-0.1, -0.05) is 80.4 Å². The van der Waals surface area contributed by atoms with Crippen LogP contribution in [0.3, 0.4) is 0 Å². The Balaban J connectivity index is 2.10. The van der Waals surface area contributed by atoms with E-state index in [0.717, 1.165) is 9.87 Å². The number of halogens is 2. The van der Waals surface area contributed by atoms with Crippen LogP contribution in [0.15, 0.2) is 77.7 Å². The van der Waals surface area contributed by atoms with Gasteiger partial charge in [-0.05, 0) is 80.6 Å². The molecule has 0 aromatic heterocycles. The van der Waals surface area contributed by atoms with E-state index in [1.54, 1.807) is 55.5 Å². The molecular weight excluding hydrogens is 593 g/mol. The fourth-order valence-corrected chi connectivity index (χ4v) is 6.38. The summed E-state index contributed by atoms with van der Waals surface area (Å²) in [6, 6.07) is 19.1. The van der Waals surface area contributed by atoms with Crippen LogP contribution < -0.4 is 9.62 Å². The minimum atomic E-state index is -4.14. The number of hydrogen-bond acceptors (Lipinski definition) is 4. The van der Waals surface area contributed by atoms with Gasteiger partial charge < -0.3 is 10.2 Å². The van der Waals surface area contributed by atoms with Crippen LogP contribution in [0.1, 0.15) is 65.0 Å². The van der Waals surface area contributed by atoms with Crippen molar-refractivity contribution in [1.82, 2.24) is 10.2 Å². The van der Waals surface area contributed by atoms with Gasteiger partial charge in [0.1, 0.15) is 12.6 Å². The Labute approximate surface area is 259 Å². The summed E-state index contributed by atoms with van der Waals surface area (Å²) in [6.07, 6.45) is 0.299. The first-order valence-electron chi connectivity index (χ1n) is 13.9. The van der Waals surface area contributed by atoms with E-state index < -0.39 is 34.1 Å². The molecule has 1 atom stereocenters. The maximum atomic E-state index is 14.2. The number of carbonyl (C=O) groups is 2. The van der Waals surface area contributed by atoms with Gasteiger partial charge in [0.05, 0.1) is 10.6 Å². The zero-order valence-corrected chi connectivity index (χ0v) is 27.2. The van der Waals surface area contributed by atoms with Gasteiger partial charge in [0.15, 0.2) is 0 Å². The lowest BCUT2D eigenvalue weighted by Gasteiger charge is -2.35. The van der Waals surface area contributed by atoms with Crippen LogP contribution in [0.5, 0.6) is 0 Å². The van der Waals surface area contributed by atoms with Crippen LogP contribution in [-0.4, -0.2) is 43.3 Å². The molecule has 0 bridgehead atoms. The first-order chi connectivity index (χ1) is 19.6. The van der Waals surface area contributed by atoms with E-state index in [0.29, 0.717) is 27.7 Å². The standard InChI is InChI=1S/C32H39Cl2N3O4S/c1-7-29(31(39)35-32(4,5)6)36(20-24-13-16-25(33)19-28(24)34)30(38)21-37(26-17-14-23(15-18-26)22(2)3)42(40,41)27-11-9-8-10-12-27/h8-19,22,29H,7,20-21H2,1-6H3,(H,35,39)/t29-/m1/s1. The van der Waals surface area contributed by atoms with Gasteiger partial charge >= 0.3 is 0 Å². The van der Waals surface area contributed by atoms with Crippen molar-refractivity contribution in [1.29, 1.82) is 0 Å². The average Bonchev–Trinajstić information content (AvgIpc) is 2.92. The molecule has 3 aromatic rings. The molecule has 0 saturated carbocycles. The van der Waals surface area contributed by atoms with Crippen molar-refractivity contribution < 1.29 is 18.0 Å². The van der Waals surface area contributed by atoms with Crippen molar-refractivity contribution in [3.63, 3.8) is 0 Å². The summed E-state index contributed by atoms with van der Waals surface area (Å²) in [4.78, 5) is 29.1. The van der Waals surface area contributed by atoms with E-state index in [1.807, 2.05) is 46.8 Å². The summed E-state index contributed by atoms with van der Waals surface area (Å²) in [5.74, 6) is -0.655. The fraction of sp³-hybridized carbons (Fsp3) is 0.375. The third-order valence-corrected chi connectivity index (χ3v) is 9.07. The summed E-state index contributed by atoms with van der Waals surface area (Å²) < 4.78 is 29.0. The monoisotopic (exact) mass is 631 g/mol. The maximum Gasteiger partial charge on any atom is 0.264 e. The summed E-state index contributed by atoms with van der Waals surface area (Å²) in [6.45, 7) is 10.9. The van der Waals surface area contributed by atoms with Crippen molar-refractivity contribution in [2.75, 3.05) is 10.8 Å². The van der Waals surface area contributed by atoms with Crippen LogP contribution in [0.4, 0.5) is 5.69 Å². The van der Waals surface area contributed by atoms with Gasteiger partial charge in [-0.25, -0.2) is 8.42 Å². The molecule has 0 fully saturated rings. The largest absolute Gasteiger partial charge is 0.350 e. The molecule has 3 rings (SSSR count). The van der Waals surface area contributed by atoms with Crippen LogP contribution in [0.25, 0.3) is 0 Å². The first-order valence-corrected chi connectivity index (χ1v) is 16.1. The Hall–Kier alpha value is -3.07. The van der Waals surface area contributed by atoms with E-state index in [2.05, 4.69) is 5.32 Å². The topological polar surface area (TPSA) is 86.8 Å². The highest BCUT2D eigenvalue weighted by atomic mass is 35.5. The molecule has 10 heteroatoms. The van der Waals surface area contributed by atoms with Crippen molar-refractivity contribution in [3.8, 4) is 0 Å². The number of sulfonamides is 1. The predicted octanol–water partition coefficient (Wildman–Crippen LogP) is 7.03. The number of nitrogens with one attached hydrogen (secondary N) is 1.